The number of hydrogen-bond donors (Lipinski definition) is 3. The smallest absolute Gasteiger partial charge is 0.407 e. The number of aromatic nitrogens is 3. The Morgan fingerprint density at radius 2 is 1.81 bits per heavy atom. The van der Waals surface area contributed by atoms with Crippen LogP contribution in [0, 0.1) is 0 Å². The summed E-state index contributed by atoms with van der Waals surface area (Å²) in [6.07, 6.45) is 0.724. The Morgan fingerprint density at radius 1 is 1.11 bits per heavy atom. The topological polar surface area (TPSA) is 126 Å². The molecule has 2 amide bonds. The Kier molecular flexibility index (Phi) is 7.71. The highest BCUT2D eigenvalue weighted by Gasteiger charge is 2.18. The quantitative estimate of drug-likeness (QED) is 0.278. The van der Waals surface area contributed by atoms with Gasteiger partial charge in [-0.05, 0) is 30.5 Å². The van der Waals surface area contributed by atoms with Gasteiger partial charge >= 0.3 is 6.09 Å². The number of hydrogen-bond acceptors (Lipinski definition) is 5. The maximum atomic E-state index is 11.7. The molecule has 192 valence electrons. The predicted octanol–water partition coefficient (Wildman–Crippen LogP) is 4.34. The number of nitrogens with two attached hydrogens (primary N) is 1. The fraction of sp³-hybridized carbons (Fsp3) is 0.286. The minimum atomic E-state index is -1.04. The molecular formula is C28H32N6O3. The van der Waals surface area contributed by atoms with Crippen molar-refractivity contribution in [3.05, 3.63) is 77.6 Å². The average Bonchev–Trinajstić information content (AvgIpc) is 3.23. The summed E-state index contributed by atoms with van der Waals surface area (Å²) in [5.74, 6) is 1.10. The normalized spacial score (nSPS) is 11.1. The van der Waals surface area contributed by atoms with E-state index in [9.17, 15) is 14.7 Å². The lowest BCUT2D eigenvalue weighted by molar-refractivity contribution is -0.117. The number of nitrogen functional groups attached to an aromatic ring is 1. The third-order valence-corrected chi connectivity index (χ3v) is 6.23. The van der Waals surface area contributed by atoms with Gasteiger partial charge in [0.2, 0.25) is 5.91 Å². The highest BCUT2D eigenvalue weighted by molar-refractivity contribution is 6.06. The van der Waals surface area contributed by atoms with Crippen molar-refractivity contribution in [2.45, 2.75) is 39.8 Å². The van der Waals surface area contributed by atoms with E-state index in [1.165, 1.54) is 4.90 Å². The SMILES string of the molecule is C=C(C)C(=O)NCCN(Cc1ccc(Cn2c(CCC)nc3c(N)nc4ccccc4c32)cc1)C(=O)O. The number of para-hydroxylation sites is 1. The zero-order valence-electron chi connectivity index (χ0n) is 21.2. The number of imidazole rings is 1. The van der Waals surface area contributed by atoms with Crippen LogP contribution in [0.4, 0.5) is 10.6 Å². The third-order valence-electron chi connectivity index (χ3n) is 6.23. The maximum absolute atomic E-state index is 11.7. The van der Waals surface area contributed by atoms with E-state index in [2.05, 4.69) is 28.4 Å². The molecule has 4 rings (SSSR count). The summed E-state index contributed by atoms with van der Waals surface area (Å²) in [4.78, 5) is 34.0. The number of benzene rings is 2. The van der Waals surface area contributed by atoms with E-state index in [1.807, 2.05) is 48.5 Å². The molecule has 0 fully saturated rings. The number of carbonyl (C=O) groups is 2. The lowest BCUT2D eigenvalue weighted by atomic mass is 10.1. The van der Waals surface area contributed by atoms with Gasteiger partial charge in [0.25, 0.3) is 0 Å². The van der Waals surface area contributed by atoms with E-state index in [0.29, 0.717) is 17.9 Å². The molecule has 0 spiro atoms. The molecule has 0 bridgehead atoms. The largest absolute Gasteiger partial charge is 0.465 e. The molecule has 2 heterocycles. The second kappa shape index (κ2) is 11.1. The Hall–Kier alpha value is -4.40. The molecule has 0 unspecified atom stereocenters. The molecule has 0 aliphatic carbocycles. The van der Waals surface area contributed by atoms with Crippen LogP contribution in [0.3, 0.4) is 0 Å². The molecule has 9 heteroatoms. The zero-order chi connectivity index (χ0) is 26.5. The molecule has 2 aromatic heterocycles. The van der Waals surface area contributed by atoms with Gasteiger partial charge in [-0.1, -0.05) is 56.0 Å². The number of nitrogens with zero attached hydrogens (tertiary/aromatic N) is 4. The highest BCUT2D eigenvalue weighted by Crippen LogP contribution is 2.30. The first-order valence-corrected chi connectivity index (χ1v) is 12.3. The number of carboxylic acid groups (broad SMARTS) is 1. The Balaban J connectivity index is 1.56. The second-order valence-electron chi connectivity index (χ2n) is 9.13. The first-order chi connectivity index (χ1) is 17.8. The van der Waals surface area contributed by atoms with Gasteiger partial charge in [0.05, 0.1) is 11.0 Å². The zero-order valence-corrected chi connectivity index (χ0v) is 21.2. The number of pyridine rings is 1. The van der Waals surface area contributed by atoms with Crippen LogP contribution < -0.4 is 11.1 Å². The van der Waals surface area contributed by atoms with Crippen molar-refractivity contribution in [2.24, 2.45) is 0 Å². The van der Waals surface area contributed by atoms with E-state index in [-0.39, 0.29) is 25.5 Å². The minimum absolute atomic E-state index is 0.181. The number of amides is 2. The number of aryl methyl sites for hydroxylation is 1. The fourth-order valence-electron chi connectivity index (χ4n) is 4.34. The monoisotopic (exact) mass is 500 g/mol. The first kappa shape index (κ1) is 25.7. The molecule has 37 heavy (non-hydrogen) atoms. The Bertz CT molecular complexity index is 1460. The minimum Gasteiger partial charge on any atom is -0.465 e. The van der Waals surface area contributed by atoms with E-state index in [4.69, 9.17) is 10.7 Å². The summed E-state index contributed by atoms with van der Waals surface area (Å²) in [7, 11) is 0. The Morgan fingerprint density at radius 3 is 2.49 bits per heavy atom. The van der Waals surface area contributed by atoms with Gasteiger partial charge < -0.3 is 25.6 Å². The molecule has 9 nitrogen and oxygen atoms in total. The molecule has 0 saturated heterocycles. The number of rotatable bonds is 10. The molecular weight excluding hydrogens is 468 g/mol. The van der Waals surface area contributed by atoms with E-state index in [0.717, 1.165) is 51.7 Å². The number of carbonyl (C=O) groups excluding carboxylic acids is 1. The van der Waals surface area contributed by atoms with Crippen LogP contribution in [0.25, 0.3) is 21.9 Å². The number of anilines is 1. The van der Waals surface area contributed by atoms with Crippen LogP contribution in [-0.2, 0) is 24.3 Å². The predicted molar refractivity (Wildman–Crippen MR) is 145 cm³/mol. The molecule has 4 aromatic rings. The van der Waals surface area contributed by atoms with E-state index >= 15 is 0 Å². The van der Waals surface area contributed by atoms with Gasteiger partial charge in [-0.15, -0.1) is 0 Å². The van der Waals surface area contributed by atoms with Crippen LogP contribution in [0.15, 0.2) is 60.7 Å². The summed E-state index contributed by atoms with van der Waals surface area (Å²) in [5, 5.41) is 13.3. The van der Waals surface area contributed by atoms with Crippen molar-refractivity contribution < 1.29 is 14.7 Å². The standard InChI is InChI=1S/C28H32N6O3/c1-4-7-23-32-24-25(21-8-5-6-9-22(21)31-26(24)29)34(23)17-20-12-10-19(11-13-20)16-33(28(36)37)15-14-30-27(35)18(2)3/h5-6,8-13H,2,4,7,14-17H2,1,3H3,(H2,29,31)(H,30,35)(H,36,37). The third kappa shape index (κ3) is 5.72. The lowest BCUT2D eigenvalue weighted by Gasteiger charge is -2.20. The average molecular weight is 501 g/mol. The van der Waals surface area contributed by atoms with Crippen molar-refractivity contribution >= 4 is 39.8 Å². The summed E-state index contributed by atoms with van der Waals surface area (Å²) in [5.41, 5.74) is 11.1. The van der Waals surface area contributed by atoms with Crippen LogP contribution in [-0.4, -0.2) is 49.6 Å². The van der Waals surface area contributed by atoms with Gasteiger partial charge in [-0.25, -0.2) is 14.8 Å². The summed E-state index contributed by atoms with van der Waals surface area (Å²) in [6.45, 7) is 8.54. The van der Waals surface area contributed by atoms with Gasteiger partial charge in [0, 0.05) is 43.6 Å². The fourth-order valence-corrected chi connectivity index (χ4v) is 4.34. The van der Waals surface area contributed by atoms with Crippen LogP contribution >= 0.6 is 0 Å². The van der Waals surface area contributed by atoms with Crippen LogP contribution in [0.1, 0.15) is 37.2 Å². The summed E-state index contributed by atoms with van der Waals surface area (Å²) in [6, 6.07) is 15.8. The summed E-state index contributed by atoms with van der Waals surface area (Å²) >= 11 is 0. The van der Waals surface area contributed by atoms with Crippen molar-refractivity contribution in [3.63, 3.8) is 0 Å². The van der Waals surface area contributed by atoms with Crippen molar-refractivity contribution in [2.75, 3.05) is 18.8 Å². The maximum Gasteiger partial charge on any atom is 0.407 e. The number of fused-ring (bicyclic) bond motifs is 3. The number of nitrogens with one attached hydrogen (secondary N) is 1. The van der Waals surface area contributed by atoms with E-state index < -0.39 is 6.09 Å². The lowest BCUT2D eigenvalue weighted by Crippen LogP contribution is -2.37. The molecule has 0 aliphatic heterocycles. The summed E-state index contributed by atoms with van der Waals surface area (Å²) < 4.78 is 2.21. The van der Waals surface area contributed by atoms with E-state index in [1.54, 1.807) is 6.92 Å². The van der Waals surface area contributed by atoms with Gasteiger partial charge in [-0.2, -0.15) is 0 Å². The van der Waals surface area contributed by atoms with Gasteiger partial charge in [0.1, 0.15) is 11.3 Å². The first-order valence-electron chi connectivity index (χ1n) is 12.3. The molecule has 0 saturated carbocycles. The highest BCUT2D eigenvalue weighted by atomic mass is 16.4. The van der Waals surface area contributed by atoms with Crippen LogP contribution in [0.5, 0.6) is 0 Å². The van der Waals surface area contributed by atoms with Crippen molar-refractivity contribution in [3.8, 4) is 0 Å². The van der Waals surface area contributed by atoms with Crippen molar-refractivity contribution in [1.29, 1.82) is 0 Å². The van der Waals surface area contributed by atoms with Gasteiger partial charge in [-0.3, -0.25) is 4.79 Å². The molecule has 4 N–H and O–H groups in total. The molecule has 2 aromatic carbocycles. The molecule has 0 atom stereocenters. The van der Waals surface area contributed by atoms with Gasteiger partial charge in [0.15, 0.2) is 5.82 Å². The molecule has 0 aliphatic rings. The van der Waals surface area contributed by atoms with Crippen molar-refractivity contribution in [1.82, 2.24) is 24.8 Å². The second-order valence-corrected chi connectivity index (χ2v) is 9.13. The van der Waals surface area contributed by atoms with Crippen LogP contribution in [0.2, 0.25) is 0 Å². The Labute approximate surface area is 215 Å². The molecule has 0 radical (unpaired) electrons.